The van der Waals surface area contributed by atoms with E-state index in [0.717, 1.165) is 38.6 Å². The number of para-hydroxylation sites is 1. The zero-order chi connectivity index (χ0) is 16.1. The minimum absolute atomic E-state index is 0.617. The first kappa shape index (κ1) is 16.0. The van der Waals surface area contributed by atoms with Crippen molar-refractivity contribution in [3.05, 3.63) is 64.7 Å². The number of rotatable bonds is 5. The Balaban J connectivity index is 1.70. The third kappa shape index (κ3) is 4.12. The van der Waals surface area contributed by atoms with Crippen molar-refractivity contribution in [1.29, 1.82) is 0 Å². The summed E-state index contributed by atoms with van der Waals surface area (Å²) in [6.07, 6.45) is 0. The second-order valence-electron chi connectivity index (χ2n) is 6.17. The van der Waals surface area contributed by atoms with Gasteiger partial charge in [0, 0.05) is 19.6 Å². The van der Waals surface area contributed by atoms with Gasteiger partial charge in [0.1, 0.15) is 12.4 Å². The van der Waals surface area contributed by atoms with E-state index < -0.39 is 0 Å². The Morgan fingerprint density at radius 2 is 1.57 bits per heavy atom. The quantitative estimate of drug-likeness (QED) is 0.840. The highest BCUT2D eigenvalue weighted by Crippen LogP contribution is 2.24. The number of hydrogen-bond donors (Lipinski definition) is 0. The fraction of sp³-hybridized carbons (Fsp3) is 0.400. The van der Waals surface area contributed by atoms with Crippen molar-refractivity contribution >= 4 is 0 Å². The number of benzene rings is 2. The molecule has 1 heterocycles. The van der Waals surface area contributed by atoms with Gasteiger partial charge < -0.3 is 9.47 Å². The fourth-order valence-corrected chi connectivity index (χ4v) is 3.03. The summed E-state index contributed by atoms with van der Waals surface area (Å²) in [5, 5.41) is 0. The first-order valence-electron chi connectivity index (χ1n) is 8.30. The molecule has 0 spiro atoms. The van der Waals surface area contributed by atoms with E-state index in [0.29, 0.717) is 6.61 Å². The lowest BCUT2D eigenvalue weighted by molar-refractivity contribution is 0.0339. The van der Waals surface area contributed by atoms with E-state index in [2.05, 4.69) is 61.2 Å². The molecule has 0 aromatic heterocycles. The largest absolute Gasteiger partial charge is 0.488 e. The highest BCUT2D eigenvalue weighted by molar-refractivity contribution is 5.40. The maximum Gasteiger partial charge on any atom is 0.125 e. The molecule has 0 bridgehead atoms. The molecule has 0 saturated carbocycles. The van der Waals surface area contributed by atoms with Crippen molar-refractivity contribution in [1.82, 2.24) is 4.90 Å². The van der Waals surface area contributed by atoms with Gasteiger partial charge in [-0.25, -0.2) is 0 Å². The minimum atomic E-state index is 0.617. The molecule has 0 N–H and O–H groups in total. The predicted molar refractivity (Wildman–Crippen MR) is 92.8 cm³/mol. The molecule has 3 nitrogen and oxygen atoms in total. The maximum absolute atomic E-state index is 6.14. The van der Waals surface area contributed by atoms with E-state index in [9.17, 15) is 0 Å². The smallest absolute Gasteiger partial charge is 0.125 e. The summed E-state index contributed by atoms with van der Waals surface area (Å²) < 4.78 is 11.6. The van der Waals surface area contributed by atoms with Gasteiger partial charge >= 0.3 is 0 Å². The Bertz CT molecular complexity index is 628. The van der Waals surface area contributed by atoms with Gasteiger partial charge in [0.2, 0.25) is 0 Å². The summed E-state index contributed by atoms with van der Waals surface area (Å²) in [5.41, 5.74) is 4.99. The van der Waals surface area contributed by atoms with Gasteiger partial charge in [-0.15, -0.1) is 0 Å². The van der Waals surface area contributed by atoms with Crippen LogP contribution >= 0.6 is 0 Å². The van der Waals surface area contributed by atoms with Gasteiger partial charge in [0.15, 0.2) is 0 Å². The molecule has 3 rings (SSSR count). The molecule has 3 heteroatoms. The van der Waals surface area contributed by atoms with E-state index in [-0.39, 0.29) is 0 Å². The third-order valence-corrected chi connectivity index (χ3v) is 4.40. The van der Waals surface area contributed by atoms with Crippen LogP contribution in [0.25, 0.3) is 0 Å². The molecule has 2 aromatic carbocycles. The molecule has 0 radical (unpaired) electrons. The molecule has 1 saturated heterocycles. The van der Waals surface area contributed by atoms with Crippen LogP contribution in [0, 0.1) is 13.8 Å². The average molecular weight is 311 g/mol. The van der Waals surface area contributed by atoms with Gasteiger partial charge in [-0.2, -0.15) is 0 Å². The topological polar surface area (TPSA) is 21.7 Å². The van der Waals surface area contributed by atoms with Gasteiger partial charge in [-0.05, 0) is 36.1 Å². The lowest BCUT2D eigenvalue weighted by atomic mass is 10.1. The highest BCUT2D eigenvalue weighted by Gasteiger charge is 2.13. The van der Waals surface area contributed by atoms with Crippen molar-refractivity contribution in [3.8, 4) is 5.75 Å². The number of ether oxygens (including phenoxy) is 2. The van der Waals surface area contributed by atoms with E-state index >= 15 is 0 Å². The second-order valence-corrected chi connectivity index (χ2v) is 6.17. The number of hydrogen-bond acceptors (Lipinski definition) is 3. The molecule has 0 unspecified atom stereocenters. The van der Waals surface area contributed by atoms with Crippen LogP contribution in [0.2, 0.25) is 0 Å². The van der Waals surface area contributed by atoms with E-state index in [1.807, 2.05) is 0 Å². The van der Waals surface area contributed by atoms with E-state index in [4.69, 9.17) is 9.47 Å². The maximum atomic E-state index is 6.14. The van der Waals surface area contributed by atoms with Crippen LogP contribution < -0.4 is 4.74 Å². The van der Waals surface area contributed by atoms with E-state index in [1.54, 1.807) is 0 Å². The molecule has 1 aliphatic rings. The molecule has 2 aromatic rings. The summed E-state index contributed by atoms with van der Waals surface area (Å²) in [5.74, 6) is 1.01. The lowest BCUT2D eigenvalue weighted by Crippen LogP contribution is -2.35. The Kier molecular flexibility index (Phi) is 5.31. The number of morpholine rings is 1. The monoisotopic (exact) mass is 311 g/mol. The van der Waals surface area contributed by atoms with Crippen LogP contribution in [-0.4, -0.2) is 31.2 Å². The van der Waals surface area contributed by atoms with Crippen LogP contribution in [0.5, 0.6) is 5.75 Å². The van der Waals surface area contributed by atoms with Crippen LogP contribution in [0.15, 0.2) is 42.5 Å². The molecule has 23 heavy (non-hydrogen) atoms. The zero-order valence-corrected chi connectivity index (χ0v) is 14.0. The van der Waals surface area contributed by atoms with Crippen LogP contribution in [0.3, 0.4) is 0 Å². The molecular formula is C20H25NO2. The minimum Gasteiger partial charge on any atom is -0.488 e. The summed E-state index contributed by atoms with van der Waals surface area (Å²) in [7, 11) is 0. The summed E-state index contributed by atoms with van der Waals surface area (Å²) in [6.45, 7) is 9.46. The Morgan fingerprint density at radius 3 is 2.26 bits per heavy atom. The van der Waals surface area contributed by atoms with Crippen molar-refractivity contribution in [2.24, 2.45) is 0 Å². The van der Waals surface area contributed by atoms with Crippen molar-refractivity contribution in [2.45, 2.75) is 27.0 Å². The van der Waals surface area contributed by atoms with Gasteiger partial charge in [-0.1, -0.05) is 42.5 Å². The van der Waals surface area contributed by atoms with Gasteiger partial charge in [0.05, 0.1) is 13.2 Å². The average Bonchev–Trinajstić information content (AvgIpc) is 2.57. The Hall–Kier alpha value is -1.84. The summed E-state index contributed by atoms with van der Waals surface area (Å²) >= 11 is 0. The normalized spacial score (nSPS) is 15.6. The van der Waals surface area contributed by atoms with Crippen molar-refractivity contribution in [3.63, 3.8) is 0 Å². The Labute approximate surface area is 138 Å². The molecular weight excluding hydrogens is 286 g/mol. The van der Waals surface area contributed by atoms with Gasteiger partial charge in [0.25, 0.3) is 0 Å². The number of nitrogens with zero attached hydrogens (tertiary/aromatic N) is 1. The molecule has 122 valence electrons. The van der Waals surface area contributed by atoms with Crippen molar-refractivity contribution < 1.29 is 9.47 Å². The predicted octanol–water partition coefficient (Wildman–Crippen LogP) is 3.71. The molecule has 0 atom stereocenters. The Morgan fingerprint density at radius 1 is 0.913 bits per heavy atom. The zero-order valence-electron chi connectivity index (χ0n) is 14.0. The number of aryl methyl sites for hydroxylation is 2. The third-order valence-electron chi connectivity index (χ3n) is 4.40. The molecule has 1 fully saturated rings. The second kappa shape index (κ2) is 7.62. The summed E-state index contributed by atoms with van der Waals surface area (Å²) in [4.78, 5) is 2.45. The molecule has 0 aliphatic carbocycles. The first-order valence-corrected chi connectivity index (χ1v) is 8.30. The van der Waals surface area contributed by atoms with Crippen LogP contribution in [-0.2, 0) is 17.9 Å². The van der Waals surface area contributed by atoms with E-state index in [1.165, 1.54) is 22.3 Å². The SMILES string of the molecule is Cc1cccc(C)c1OCc1ccccc1CN1CCOCC1. The molecule has 1 aliphatic heterocycles. The van der Waals surface area contributed by atoms with Crippen LogP contribution in [0.4, 0.5) is 0 Å². The van der Waals surface area contributed by atoms with Crippen molar-refractivity contribution in [2.75, 3.05) is 26.3 Å². The standard InChI is InChI=1S/C20H25NO2/c1-16-6-5-7-17(2)20(16)23-15-19-9-4-3-8-18(19)14-21-10-12-22-13-11-21/h3-9H,10-15H2,1-2H3. The molecule has 0 amide bonds. The fourth-order valence-electron chi connectivity index (χ4n) is 3.03. The lowest BCUT2D eigenvalue weighted by Gasteiger charge is -2.27. The van der Waals surface area contributed by atoms with Crippen LogP contribution in [0.1, 0.15) is 22.3 Å². The van der Waals surface area contributed by atoms with Gasteiger partial charge in [-0.3, -0.25) is 4.90 Å². The first-order chi connectivity index (χ1) is 11.2. The summed E-state index contributed by atoms with van der Waals surface area (Å²) in [6, 6.07) is 14.8. The highest BCUT2D eigenvalue weighted by atomic mass is 16.5.